The molecule has 1 aliphatic rings. The molecule has 3 aromatic carbocycles. The third kappa shape index (κ3) is 5.18. The van der Waals surface area contributed by atoms with Gasteiger partial charge in [0.2, 0.25) is 0 Å². The van der Waals surface area contributed by atoms with Crippen LogP contribution in [0, 0.1) is 5.82 Å². The molecule has 2 heterocycles. The predicted octanol–water partition coefficient (Wildman–Crippen LogP) is 3.70. The van der Waals surface area contributed by atoms with Crippen molar-refractivity contribution in [2.24, 2.45) is 0 Å². The molecule has 8 heteroatoms. The number of nitrogens with zero attached hydrogens (tertiary/aromatic N) is 3. The highest BCUT2D eigenvalue weighted by molar-refractivity contribution is 5.97. The molecule has 1 aliphatic heterocycles. The van der Waals surface area contributed by atoms with E-state index in [-0.39, 0.29) is 24.9 Å². The number of aliphatic hydroxyl groups excluding tert-OH is 1. The van der Waals surface area contributed by atoms with Crippen LogP contribution in [0.4, 0.5) is 4.39 Å². The van der Waals surface area contributed by atoms with Crippen molar-refractivity contribution in [1.29, 1.82) is 0 Å². The maximum Gasteiger partial charge on any atom is 0.254 e. The molecule has 4 aromatic rings. The maximum absolute atomic E-state index is 14.0. The van der Waals surface area contributed by atoms with Crippen LogP contribution in [-0.2, 0) is 6.54 Å². The molecular weight excluding hydrogens is 447 g/mol. The summed E-state index contributed by atoms with van der Waals surface area (Å²) in [4.78, 5) is 25.1. The van der Waals surface area contributed by atoms with E-state index in [0.29, 0.717) is 55.4 Å². The number of carbonyl (C=O) groups is 1. The van der Waals surface area contributed by atoms with Gasteiger partial charge in [-0.3, -0.25) is 9.69 Å². The molecule has 2 N–H and O–H groups in total. The number of hydrogen-bond donors (Lipinski definition) is 2. The fourth-order valence-electron chi connectivity index (χ4n) is 4.31. The number of ether oxygens (including phenoxy) is 1. The summed E-state index contributed by atoms with van der Waals surface area (Å²) in [6.45, 7) is 3.38. The third-order valence-corrected chi connectivity index (χ3v) is 6.23. The van der Waals surface area contributed by atoms with E-state index in [1.54, 1.807) is 12.1 Å². The number of nitrogens with one attached hydrogen (secondary N) is 1. The van der Waals surface area contributed by atoms with E-state index >= 15 is 0 Å². The van der Waals surface area contributed by atoms with Crippen molar-refractivity contribution in [2.75, 3.05) is 39.4 Å². The Hall–Kier alpha value is -3.75. The first-order valence-corrected chi connectivity index (χ1v) is 11.7. The average molecular weight is 475 g/mol. The van der Waals surface area contributed by atoms with Gasteiger partial charge < -0.3 is 19.7 Å². The first-order chi connectivity index (χ1) is 17.1. The Bertz CT molecular complexity index is 1310. The molecule has 180 valence electrons. The number of amides is 1. The van der Waals surface area contributed by atoms with Crippen molar-refractivity contribution >= 4 is 16.9 Å². The second kappa shape index (κ2) is 10.2. The van der Waals surface area contributed by atoms with Gasteiger partial charge in [-0.05, 0) is 48.5 Å². The largest absolute Gasteiger partial charge is 0.491 e. The lowest BCUT2D eigenvalue weighted by atomic mass is 10.1. The fourth-order valence-corrected chi connectivity index (χ4v) is 4.31. The van der Waals surface area contributed by atoms with Gasteiger partial charge in [-0.15, -0.1) is 0 Å². The highest BCUT2D eigenvalue weighted by Gasteiger charge is 2.23. The molecule has 5 rings (SSSR count). The van der Waals surface area contributed by atoms with E-state index in [9.17, 15) is 9.18 Å². The molecule has 1 aromatic heterocycles. The number of aromatic nitrogens is 2. The molecule has 1 fully saturated rings. The molecular formula is C27H27FN4O3. The number of rotatable bonds is 7. The first kappa shape index (κ1) is 23.0. The molecule has 35 heavy (non-hydrogen) atoms. The van der Waals surface area contributed by atoms with Crippen molar-refractivity contribution in [2.45, 2.75) is 6.54 Å². The SMILES string of the molecule is O=C(c1ccc2nc(-c3ccc(OCCO)cc3)[nH]c2c1)N1CCN(Cc2ccccc2F)CC1. The lowest BCUT2D eigenvalue weighted by molar-refractivity contribution is 0.0627. The number of carbonyl (C=O) groups excluding carboxylic acids is 1. The second-order valence-electron chi connectivity index (χ2n) is 8.57. The van der Waals surface area contributed by atoms with Crippen molar-refractivity contribution in [3.05, 3.63) is 83.7 Å². The summed E-state index contributed by atoms with van der Waals surface area (Å²) in [6.07, 6.45) is 0. The standard InChI is InChI=1S/C27H27FN4O3/c28-23-4-2-1-3-21(23)18-31-11-13-32(14-12-31)27(34)20-7-10-24-25(17-20)30-26(29-24)19-5-8-22(9-6-19)35-16-15-33/h1-10,17,33H,11-16,18H2,(H,29,30). The van der Waals surface area contributed by atoms with Crippen molar-refractivity contribution in [3.8, 4) is 17.1 Å². The lowest BCUT2D eigenvalue weighted by Gasteiger charge is -2.34. The first-order valence-electron chi connectivity index (χ1n) is 11.7. The smallest absolute Gasteiger partial charge is 0.254 e. The molecule has 7 nitrogen and oxygen atoms in total. The Kier molecular flexibility index (Phi) is 6.74. The molecule has 0 aliphatic carbocycles. The van der Waals surface area contributed by atoms with Crippen LogP contribution in [0.5, 0.6) is 5.75 Å². The van der Waals surface area contributed by atoms with E-state index in [0.717, 1.165) is 16.6 Å². The van der Waals surface area contributed by atoms with Crippen LogP contribution in [0.3, 0.4) is 0 Å². The summed E-state index contributed by atoms with van der Waals surface area (Å²) in [5.41, 5.74) is 3.77. The van der Waals surface area contributed by atoms with Gasteiger partial charge in [0.15, 0.2) is 0 Å². The van der Waals surface area contributed by atoms with Crippen LogP contribution < -0.4 is 4.74 Å². The van der Waals surface area contributed by atoms with Crippen LogP contribution in [-0.4, -0.2) is 70.2 Å². The van der Waals surface area contributed by atoms with E-state index in [1.165, 1.54) is 6.07 Å². The Labute approximate surface area is 202 Å². The Morgan fingerprint density at radius 1 is 1.03 bits per heavy atom. The summed E-state index contributed by atoms with van der Waals surface area (Å²) in [5.74, 6) is 1.18. The van der Waals surface area contributed by atoms with Gasteiger partial charge >= 0.3 is 0 Å². The summed E-state index contributed by atoms with van der Waals surface area (Å²) < 4.78 is 19.4. The molecule has 0 unspecified atom stereocenters. The summed E-state index contributed by atoms with van der Waals surface area (Å²) >= 11 is 0. The van der Waals surface area contributed by atoms with E-state index < -0.39 is 0 Å². The van der Waals surface area contributed by atoms with Gasteiger partial charge in [0, 0.05) is 49.4 Å². The quantitative estimate of drug-likeness (QED) is 0.427. The number of aromatic amines is 1. The zero-order valence-electron chi connectivity index (χ0n) is 19.3. The van der Waals surface area contributed by atoms with E-state index in [4.69, 9.17) is 9.84 Å². The van der Waals surface area contributed by atoms with Crippen LogP contribution in [0.2, 0.25) is 0 Å². The zero-order valence-corrected chi connectivity index (χ0v) is 19.3. The number of hydrogen-bond acceptors (Lipinski definition) is 5. The van der Waals surface area contributed by atoms with Crippen LogP contribution in [0.15, 0.2) is 66.7 Å². The van der Waals surface area contributed by atoms with E-state index in [1.807, 2.05) is 53.4 Å². The number of fused-ring (bicyclic) bond motifs is 1. The van der Waals surface area contributed by atoms with Gasteiger partial charge in [-0.25, -0.2) is 9.37 Å². The Morgan fingerprint density at radius 3 is 2.54 bits per heavy atom. The monoisotopic (exact) mass is 474 g/mol. The average Bonchev–Trinajstić information content (AvgIpc) is 3.33. The van der Waals surface area contributed by atoms with Crippen molar-refractivity contribution < 1.29 is 19.0 Å². The minimum atomic E-state index is -0.191. The second-order valence-corrected chi connectivity index (χ2v) is 8.57. The molecule has 0 atom stereocenters. The van der Waals surface area contributed by atoms with E-state index in [2.05, 4.69) is 14.9 Å². The van der Waals surface area contributed by atoms with Crippen LogP contribution in [0.25, 0.3) is 22.4 Å². The molecule has 0 saturated carbocycles. The number of piperazine rings is 1. The van der Waals surface area contributed by atoms with Gasteiger partial charge in [0.05, 0.1) is 17.6 Å². The lowest BCUT2D eigenvalue weighted by Crippen LogP contribution is -2.48. The van der Waals surface area contributed by atoms with Crippen molar-refractivity contribution in [1.82, 2.24) is 19.8 Å². The molecule has 1 amide bonds. The fraction of sp³-hybridized carbons (Fsp3) is 0.259. The van der Waals surface area contributed by atoms with Crippen molar-refractivity contribution in [3.63, 3.8) is 0 Å². The topological polar surface area (TPSA) is 81.7 Å². The number of benzene rings is 3. The van der Waals surface area contributed by atoms with Gasteiger partial charge in [-0.1, -0.05) is 18.2 Å². The molecule has 0 bridgehead atoms. The number of imidazole rings is 1. The predicted molar refractivity (Wildman–Crippen MR) is 132 cm³/mol. The molecule has 0 spiro atoms. The minimum absolute atomic E-state index is 0.0148. The normalized spacial score (nSPS) is 14.4. The number of H-pyrrole nitrogens is 1. The van der Waals surface area contributed by atoms with Crippen LogP contribution >= 0.6 is 0 Å². The molecule has 1 saturated heterocycles. The van der Waals surface area contributed by atoms with Gasteiger partial charge in [-0.2, -0.15) is 0 Å². The Balaban J connectivity index is 1.24. The van der Waals surface area contributed by atoms with Gasteiger partial charge in [0.1, 0.15) is 24.0 Å². The Morgan fingerprint density at radius 2 is 1.80 bits per heavy atom. The number of halogens is 1. The number of aliphatic hydroxyl groups is 1. The maximum atomic E-state index is 14.0. The van der Waals surface area contributed by atoms with Crippen LogP contribution in [0.1, 0.15) is 15.9 Å². The zero-order chi connectivity index (χ0) is 24.2. The minimum Gasteiger partial charge on any atom is -0.491 e. The molecule has 0 radical (unpaired) electrons. The highest BCUT2D eigenvalue weighted by Crippen LogP contribution is 2.24. The highest BCUT2D eigenvalue weighted by atomic mass is 19.1. The third-order valence-electron chi connectivity index (χ3n) is 6.23. The van der Waals surface area contributed by atoms with Gasteiger partial charge in [0.25, 0.3) is 5.91 Å². The summed E-state index contributed by atoms with van der Waals surface area (Å²) in [5, 5.41) is 8.88. The summed E-state index contributed by atoms with van der Waals surface area (Å²) in [7, 11) is 0. The summed E-state index contributed by atoms with van der Waals surface area (Å²) in [6, 6.07) is 19.8.